The molecule has 0 aliphatic carbocycles. The van der Waals surface area contributed by atoms with E-state index in [2.05, 4.69) is 5.32 Å². The molecule has 1 saturated heterocycles. The van der Waals surface area contributed by atoms with Gasteiger partial charge in [-0.05, 0) is 32.9 Å². The zero-order chi connectivity index (χ0) is 18.1. The van der Waals surface area contributed by atoms with Gasteiger partial charge in [-0.25, -0.2) is 0 Å². The Labute approximate surface area is 139 Å². The zero-order valence-electron chi connectivity index (χ0n) is 14.2. The van der Waals surface area contributed by atoms with Gasteiger partial charge in [0.05, 0.1) is 24.0 Å². The van der Waals surface area contributed by atoms with Crippen LogP contribution >= 0.6 is 0 Å². The molecule has 0 radical (unpaired) electrons. The van der Waals surface area contributed by atoms with Gasteiger partial charge in [-0.2, -0.15) is 0 Å². The summed E-state index contributed by atoms with van der Waals surface area (Å²) in [5.41, 5.74) is -0.523. The molecule has 2 amide bonds. The van der Waals surface area contributed by atoms with E-state index in [0.29, 0.717) is 12.3 Å². The third kappa shape index (κ3) is 3.64. The van der Waals surface area contributed by atoms with Gasteiger partial charge in [-0.3, -0.25) is 19.7 Å². The molecule has 1 aliphatic heterocycles. The smallest absolute Gasteiger partial charge is 0.296 e. The van der Waals surface area contributed by atoms with Crippen molar-refractivity contribution in [2.24, 2.45) is 5.92 Å². The van der Waals surface area contributed by atoms with E-state index in [1.165, 1.54) is 25.3 Å². The number of amides is 2. The van der Waals surface area contributed by atoms with Crippen molar-refractivity contribution in [3.63, 3.8) is 0 Å². The van der Waals surface area contributed by atoms with E-state index in [9.17, 15) is 19.7 Å². The molecule has 24 heavy (non-hydrogen) atoms. The lowest BCUT2D eigenvalue weighted by atomic mass is 10.1. The van der Waals surface area contributed by atoms with Crippen molar-refractivity contribution in [3.8, 4) is 5.75 Å². The summed E-state index contributed by atoms with van der Waals surface area (Å²) in [7, 11) is 1.41. The fourth-order valence-electron chi connectivity index (χ4n) is 2.66. The van der Waals surface area contributed by atoms with E-state index in [1.807, 2.05) is 20.8 Å². The van der Waals surface area contributed by atoms with Crippen molar-refractivity contribution in [1.82, 2.24) is 4.90 Å². The lowest BCUT2D eigenvalue weighted by molar-refractivity contribution is -0.384. The van der Waals surface area contributed by atoms with Crippen LogP contribution in [0.25, 0.3) is 0 Å². The number of anilines is 1. The maximum atomic E-state index is 12.4. The van der Waals surface area contributed by atoms with Crippen LogP contribution in [0, 0.1) is 16.0 Å². The highest BCUT2D eigenvalue weighted by atomic mass is 16.6. The second kappa shape index (κ2) is 6.46. The molecule has 8 nitrogen and oxygen atoms in total. The number of methoxy groups -OCH3 is 1. The number of hydrogen-bond donors (Lipinski definition) is 1. The minimum absolute atomic E-state index is 0.0902. The van der Waals surface area contributed by atoms with E-state index >= 15 is 0 Å². The minimum Gasteiger partial charge on any atom is -0.496 e. The molecule has 1 aromatic rings. The van der Waals surface area contributed by atoms with E-state index in [4.69, 9.17) is 4.74 Å². The first-order valence-corrected chi connectivity index (χ1v) is 7.57. The molecule has 1 fully saturated rings. The molecule has 2 rings (SSSR count). The number of likely N-dealkylation sites (tertiary alicyclic amines) is 1. The van der Waals surface area contributed by atoms with E-state index in [-0.39, 0.29) is 29.2 Å². The predicted octanol–water partition coefficient (Wildman–Crippen LogP) is 2.19. The number of nitrogens with one attached hydrogen (secondary N) is 1. The lowest BCUT2D eigenvalue weighted by Gasteiger charge is -2.31. The Hall–Kier alpha value is -2.64. The summed E-state index contributed by atoms with van der Waals surface area (Å²) in [6, 6.07) is 4.20. The molecule has 0 aromatic heterocycles. The SMILES string of the molecule is COc1ccc(NC(=O)[C@@H]2CC(=O)N(C(C)(C)C)C2)c([N+](=O)[O-])c1. The van der Waals surface area contributed by atoms with Crippen LogP contribution in [0.1, 0.15) is 27.2 Å². The van der Waals surface area contributed by atoms with Crippen LogP contribution in [-0.2, 0) is 9.59 Å². The summed E-state index contributed by atoms with van der Waals surface area (Å²) in [5, 5.41) is 13.7. The maximum absolute atomic E-state index is 12.4. The van der Waals surface area contributed by atoms with Gasteiger partial charge in [0.1, 0.15) is 11.4 Å². The Morgan fingerprint density at radius 1 is 1.42 bits per heavy atom. The van der Waals surface area contributed by atoms with Gasteiger partial charge in [-0.1, -0.05) is 0 Å². The molecular weight excluding hydrogens is 314 g/mol. The Kier molecular flexibility index (Phi) is 4.77. The van der Waals surface area contributed by atoms with Gasteiger partial charge < -0.3 is 15.0 Å². The van der Waals surface area contributed by atoms with Crippen LogP contribution in [0.3, 0.4) is 0 Å². The average molecular weight is 335 g/mol. The highest BCUT2D eigenvalue weighted by Gasteiger charge is 2.39. The maximum Gasteiger partial charge on any atom is 0.296 e. The molecule has 0 spiro atoms. The summed E-state index contributed by atoms with van der Waals surface area (Å²) < 4.78 is 4.96. The van der Waals surface area contributed by atoms with Crippen molar-refractivity contribution in [3.05, 3.63) is 28.3 Å². The van der Waals surface area contributed by atoms with Crippen LogP contribution in [0.2, 0.25) is 0 Å². The van der Waals surface area contributed by atoms with Crippen LogP contribution in [-0.4, -0.2) is 40.8 Å². The van der Waals surface area contributed by atoms with E-state index in [1.54, 1.807) is 4.90 Å². The Bertz CT molecular complexity index is 681. The largest absolute Gasteiger partial charge is 0.496 e. The molecule has 8 heteroatoms. The highest BCUT2D eigenvalue weighted by Crippen LogP contribution is 2.31. The first-order chi connectivity index (χ1) is 11.1. The average Bonchev–Trinajstić information content (AvgIpc) is 2.89. The van der Waals surface area contributed by atoms with E-state index in [0.717, 1.165) is 0 Å². The van der Waals surface area contributed by atoms with Crippen molar-refractivity contribution in [2.45, 2.75) is 32.7 Å². The summed E-state index contributed by atoms with van der Waals surface area (Å²) in [6.45, 7) is 6.01. The normalized spacial score (nSPS) is 17.8. The summed E-state index contributed by atoms with van der Waals surface area (Å²) in [4.78, 5) is 36.7. The Morgan fingerprint density at radius 3 is 2.58 bits per heavy atom. The van der Waals surface area contributed by atoms with E-state index < -0.39 is 16.7 Å². The molecule has 0 bridgehead atoms. The minimum atomic E-state index is -0.584. The monoisotopic (exact) mass is 335 g/mol. The lowest BCUT2D eigenvalue weighted by Crippen LogP contribution is -2.42. The van der Waals surface area contributed by atoms with Crippen LogP contribution < -0.4 is 10.1 Å². The number of carbonyl (C=O) groups is 2. The van der Waals surface area contributed by atoms with Crippen molar-refractivity contribution >= 4 is 23.2 Å². The fourth-order valence-corrected chi connectivity index (χ4v) is 2.66. The number of rotatable bonds is 4. The predicted molar refractivity (Wildman–Crippen MR) is 87.9 cm³/mol. The number of nitro benzene ring substituents is 1. The van der Waals surface area contributed by atoms with Gasteiger partial charge in [0.25, 0.3) is 5.69 Å². The summed E-state index contributed by atoms with van der Waals surface area (Å²) in [6.07, 6.45) is 0.104. The number of carbonyl (C=O) groups excluding carboxylic acids is 2. The zero-order valence-corrected chi connectivity index (χ0v) is 14.2. The molecule has 1 aromatic carbocycles. The van der Waals surface area contributed by atoms with Gasteiger partial charge in [0, 0.05) is 18.5 Å². The number of benzene rings is 1. The Balaban J connectivity index is 2.16. The second-order valence-corrected chi connectivity index (χ2v) is 6.71. The third-order valence-electron chi connectivity index (χ3n) is 3.97. The first-order valence-electron chi connectivity index (χ1n) is 7.57. The number of hydrogen-bond acceptors (Lipinski definition) is 5. The van der Waals surface area contributed by atoms with Crippen molar-refractivity contribution < 1.29 is 19.2 Å². The van der Waals surface area contributed by atoms with Crippen LogP contribution in [0.5, 0.6) is 5.75 Å². The molecule has 1 atom stereocenters. The van der Waals surface area contributed by atoms with Crippen LogP contribution in [0.15, 0.2) is 18.2 Å². The first kappa shape index (κ1) is 17.7. The van der Waals surface area contributed by atoms with Gasteiger partial charge in [-0.15, -0.1) is 0 Å². The van der Waals surface area contributed by atoms with Crippen molar-refractivity contribution in [1.29, 1.82) is 0 Å². The Morgan fingerprint density at radius 2 is 2.08 bits per heavy atom. The molecule has 0 saturated carbocycles. The topological polar surface area (TPSA) is 102 Å². The fraction of sp³-hybridized carbons (Fsp3) is 0.500. The molecule has 0 unspecified atom stereocenters. The molecule has 1 heterocycles. The second-order valence-electron chi connectivity index (χ2n) is 6.71. The molecular formula is C16H21N3O5. The highest BCUT2D eigenvalue weighted by molar-refractivity contribution is 5.98. The van der Waals surface area contributed by atoms with Gasteiger partial charge >= 0.3 is 0 Å². The standard InChI is InChI=1S/C16H21N3O5/c1-16(2,3)18-9-10(7-14(18)20)15(21)17-12-6-5-11(24-4)8-13(12)19(22)23/h5-6,8,10H,7,9H2,1-4H3,(H,17,21)/t10-/m1/s1. The van der Waals surface area contributed by atoms with Gasteiger partial charge in [0.2, 0.25) is 11.8 Å². The van der Waals surface area contributed by atoms with Crippen molar-refractivity contribution in [2.75, 3.05) is 19.0 Å². The molecule has 1 N–H and O–H groups in total. The third-order valence-corrected chi connectivity index (χ3v) is 3.97. The molecule has 1 aliphatic rings. The quantitative estimate of drug-likeness (QED) is 0.671. The molecule has 130 valence electrons. The number of nitrogens with zero attached hydrogens (tertiary/aromatic N) is 2. The summed E-state index contributed by atoms with van der Waals surface area (Å²) in [5.74, 6) is -0.691. The number of nitro groups is 1. The summed E-state index contributed by atoms with van der Waals surface area (Å²) >= 11 is 0. The van der Waals surface area contributed by atoms with Crippen LogP contribution in [0.4, 0.5) is 11.4 Å². The van der Waals surface area contributed by atoms with Gasteiger partial charge in [0.15, 0.2) is 0 Å². The number of ether oxygens (including phenoxy) is 1.